The Bertz CT molecular complexity index is 160. The molecule has 10 heavy (non-hydrogen) atoms. The standard InChI is InChI=1S/C6H9NO2S/c1-2-3-7-5(8)4-10-6(7)9/h2,5,8H,1,3-4H2. The van der Waals surface area contributed by atoms with E-state index in [2.05, 4.69) is 6.58 Å². The lowest BCUT2D eigenvalue weighted by molar-refractivity contribution is 0.0735. The van der Waals surface area contributed by atoms with Gasteiger partial charge < -0.3 is 10.0 Å². The van der Waals surface area contributed by atoms with Crippen LogP contribution in [-0.4, -0.2) is 33.8 Å². The smallest absolute Gasteiger partial charge is 0.284 e. The zero-order valence-corrected chi connectivity index (χ0v) is 6.30. The zero-order chi connectivity index (χ0) is 7.56. The molecule has 1 amide bonds. The summed E-state index contributed by atoms with van der Waals surface area (Å²) in [5.41, 5.74) is 0. The Hall–Kier alpha value is -0.480. The molecular weight excluding hydrogens is 150 g/mol. The lowest BCUT2D eigenvalue weighted by atomic mass is 10.5. The molecule has 0 saturated carbocycles. The Labute approximate surface area is 63.7 Å². The van der Waals surface area contributed by atoms with Crippen molar-refractivity contribution in [2.24, 2.45) is 0 Å². The van der Waals surface area contributed by atoms with Crippen LogP contribution in [0, 0.1) is 0 Å². The van der Waals surface area contributed by atoms with E-state index in [-0.39, 0.29) is 5.24 Å². The molecule has 0 aromatic heterocycles. The van der Waals surface area contributed by atoms with Crippen LogP contribution in [0.15, 0.2) is 12.7 Å². The highest BCUT2D eigenvalue weighted by Gasteiger charge is 2.28. The van der Waals surface area contributed by atoms with Crippen LogP contribution in [0.5, 0.6) is 0 Å². The summed E-state index contributed by atoms with van der Waals surface area (Å²) in [4.78, 5) is 12.2. The van der Waals surface area contributed by atoms with Crippen LogP contribution >= 0.6 is 11.8 Å². The first kappa shape index (κ1) is 7.63. The summed E-state index contributed by atoms with van der Waals surface area (Å²) >= 11 is 1.14. The number of thioether (sulfide) groups is 1. The summed E-state index contributed by atoms with van der Waals surface area (Å²) in [5.74, 6) is 0.479. The van der Waals surface area contributed by atoms with E-state index < -0.39 is 6.23 Å². The van der Waals surface area contributed by atoms with Gasteiger partial charge in [-0.25, -0.2) is 0 Å². The molecule has 0 aliphatic carbocycles. The average molecular weight is 159 g/mol. The minimum absolute atomic E-state index is 0.0626. The van der Waals surface area contributed by atoms with E-state index in [1.165, 1.54) is 4.90 Å². The van der Waals surface area contributed by atoms with Crippen LogP contribution in [0.4, 0.5) is 4.79 Å². The number of hydrogen-bond acceptors (Lipinski definition) is 3. The van der Waals surface area contributed by atoms with Crippen molar-refractivity contribution in [3.8, 4) is 0 Å². The van der Waals surface area contributed by atoms with Gasteiger partial charge in [-0.2, -0.15) is 0 Å². The molecule has 56 valence electrons. The van der Waals surface area contributed by atoms with E-state index in [0.717, 1.165) is 11.8 Å². The van der Waals surface area contributed by atoms with E-state index in [0.29, 0.717) is 12.3 Å². The highest BCUT2D eigenvalue weighted by atomic mass is 32.2. The van der Waals surface area contributed by atoms with Gasteiger partial charge in [0.25, 0.3) is 5.24 Å². The molecule has 1 atom stereocenters. The van der Waals surface area contributed by atoms with Gasteiger partial charge in [0, 0.05) is 12.3 Å². The lowest BCUT2D eigenvalue weighted by Crippen LogP contribution is -2.32. The van der Waals surface area contributed by atoms with Gasteiger partial charge in [-0.1, -0.05) is 17.8 Å². The summed E-state index contributed by atoms with van der Waals surface area (Å²) in [6.45, 7) is 3.92. The second-order valence-electron chi connectivity index (χ2n) is 2.00. The molecule has 0 spiro atoms. The van der Waals surface area contributed by atoms with Crippen molar-refractivity contribution in [1.29, 1.82) is 0 Å². The van der Waals surface area contributed by atoms with Crippen LogP contribution in [0.1, 0.15) is 0 Å². The average Bonchev–Trinajstić information content (AvgIpc) is 2.20. The van der Waals surface area contributed by atoms with Crippen molar-refractivity contribution in [3.05, 3.63) is 12.7 Å². The van der Waals surface area contributed by atoms with Crippen LogP contribution in [0.25, 0.3) is 0 Å². The predicted molar refractivity (Wildman–Crippen MR) is 40.8 cm³/mol. The van der Waals surface area contributed by atoms with Crippen molar-refractivity contribution in [2.45, 2.75) is 6.23 Å². The molecule has 4 heteroatoms. The normalized spacial score (nSPS) is 25.5. The van der Waals surface area contributed by atoms with E-state index in [1.807, 2.05) is 0 Å². The van der Waals surface area contributed by atoms with E-state index >= 15 is 0 Å². The molecule has 1 heterocycles. The van der Waals surface area contributed by atoms with Gasteiger partial charge in [-0.05, 0) is 0 Å². The zero-order valence-electron chi connectivity index (χ0n) is 5.49. The van der Waals surface area contributed by atoms with Crippen molar-refractivity contribution in [2.75, 3.05) is 12.3 Å². The third kappa shape index (κ3) is 1.33. The molecule has 1 fully saturated rings. The van der Waals surface area contributed by atoms with Gasteiger partial charge >= 0.3 is 0 Å². The summed E-state index contributed by atoms with van der Waals surface area (Å²) in [6, 6.07) is 0. The van der Waals surface area contributed by atoms with Gasteiger partial charge in [0.15, 0.2) is 0 Å². The molecule has 1 unspecified atom stereocenters. The first-order valence-corrected chi connectivity index (χ1v) is 3.96. The van der Waals surface area contributed by atoms with Crippen molar-refractivity contribution in [1.82, 2.24) is 4.90 Å². The number of nitrogens with zero attached hydrogens (tertiary/aromatic N) is 1. The molecule has 0 radical (unpaired) electrons. The monoisotopic (exact) mass is 159 g/mol. The molecule has 0 aromatic carbocycles. The number of carbonyl (C=O) groups is 1. The number of rotatable bonds is 2. The third-order valence-electron chi connectivity index (χ3n) is 1.28. The van der Waals surface area contributed by atoms with Gasteiger partial charge in [0.1, 0.15) is 6.23 Å². The minimum atomic E-state index is -0.615. The van der Waals surface area contributed by atoms with Crippen molar-refractivity contribution < 1.29 is 9.90 Å². The first-order valence-electron chi connectivity index (χ1n) is 2.98. The lowest BCUT2D eigenvalue weighted by Gasteiger charge is -2.16. The number of hydrogen-bond donors (Lipinski definition) is 1. The topological polar surface area (TPSA) is 40.5 Å². The van der Waals surface area contributed by atoms with Crippen molar-refractivity contribution >= 4 is 17.0 Å². The molecule has 1 aliphatic rings. The van der Waals surface area contributed by atoms with Crippen LogP contribution in [0.3, 0.4) is 0 Å². The fraction of sp³-hybridized carbons (Fsp3) is 0.500. The Morgan fingerprint density at radius 3 is 3.10 bits per heavy atom. The van der Waals surface area contributed by atoms with Gasteiger partial charge in [0.2, 0.25) is 0 Å². The fourth-order valence-electron chi connectivity index (χ4n) is 0.776. The van der Waals surface area contributed by atoms with E-state index in [9.17, 15) is 4.79 Å². The molecular formula is C6H9NO2S. The number of aliphatic hydroxyl groups is 1. The quantitative estimate of drug-likeness (QED) is 0.602. The number of aliphatic hydroxyl groups excluding tert-OH is 1. The van der Waals surface area contributed by atoms with E-state index in [1.54, 1.807) is 6.08 Å². The molecule has 1 aliphatic heterocycles. The SMILES string of the molecule is C=CCN1C(=O)SCC1O. The Kier molecular flexibility index (Phi) is 2.34. The van der Waals surface area contributed by atoms with E-state index in [4.69, 9.17) is 5.11 Å². The summed E-state index contributed by atoms with van der Waals surface area (Å²) in [5, 5.41) is 9.06. The van der Waals surface area contributed by atoms with Gasteiger partial charge in [0.05, 0.1) is 0 Å². The number of carbonyl (C=O) groups excluding carboxylic acids is 1. The minimum Gasteiger partial charge on any atom is -0.373 e. The Morgan fingerprint density at radius 2 is 2.70 bits per heavy atom. The fourth-order valence-corrected chi connectivity index (χ4v) is 1.61. The molecule has 1 rings (SSSR count). The van der Waals surface area contributed by atoms with Crippen molar-refractivity contribution in [3.63, 3.8) is 0 Å². The second kappa shape index (κ2) is 3.07. The third-order valence-corrected chi connectivity index (χ3v) is 2.22. The predicted octanol–water partition coefficient (Wildman–Crippen LogP) is 0.660. The maximum atomic E-state index is 10.9. The second-order valence-corrected chi connectivity index (χ2v) is 2.97. The maximum absolute atomic E-state index is 10.9. The summed E-state index contributed by atoms with van der Waals surface area (Å²) < 4.78 is 0. The summed E-state index contributed by atoms with van der Waals surface area (Å²) in [6.07, 6.45) is 0.989. The van der Waals surface area contributed by atoms with Crippen LogP contribution in [0.2, 0.25) is 0 Å². The Morgan fingerprint density at radius 1 is 2.00 bits per heavy atom. The highest BCUT2D eigenvalue weighted by molar-refractivity contribution is 8.13. The molecule has 1 saturated heterocycles. The van der Waals surface area contributed by atoms with Crippen LogP contribution < -0.4 is 0 Å². The molecule has 3 nitrogen and oxygen atoms in total. The largest absolute Gasteiger partial charge is 0.373 e. The molecule has 0 aromatic rings. The highest BCUT2D eigenvalue weighted by Crippen LogP contribution is 2.21. The molecule has 0 bridgehead atoms. The van der Waals surface area contributed by atoms with Crippen LogP contribution in [-0.2, 0) is 0 Å². The Balaban J connectivity index is 2.53. The number of amides is 1. The summed E-state index contributed by atoms with van der Waals surface area (Å²) in [7, 11) is 0. The van der Waals surface area contributed by atoms with Gasteiger partial charge in [-0.15, -0.1) is 6.58 Å². The molecule has 1 N–H and O–H groups in total. The maximum Gasteiger partial charge on any atom is 0.284 e. The first-order chi connectivity index (χ1) is 4.75. The van der Waals surface area contributed by atoms with Gasteiger partial charge in [-0.3, -0.25) is 4.79 Å².